The zero-order valence-electron chi connectivity index (χ0n) is 7.07. The summed E-state index contributed by atoms with van der Waals surface area (Å²) in [7, 11) is 0. The topological polar surface area (TPSA) is 32.3 Å². The Bertz CT molecular complexity index is 163. The van der Waals surface area contributed by atoms with E-state index in [0.717, 1.165) is 0 Å². The minimum Gasteiger partial charge on any atom is -0.390 e. The molecule has 0 bridgehead atoms. The lowest BCUT2D eigenvalue weighted by Gasteiger charge is -2.13. The van der Waals surface area contributed by atoms with E-state index in [1.807, 2.05) is 0 Å². The number of nitrogens with one attached hydrogen (secondary N) is 1. The highest BCUT2D eigenvalue weighted by Gasteiger charge is 2.29. The van der Waals surface area contributed by atoms with Crippen molar-refractivity contribution in [3.05, 3.63) is 0 Å². The third kappa shape index (κ3) is 8.52. The van der Waals surface area contributed by atoms with Crippen molar-refractivity contribution in [1.82, 2.24) is 5.32 Å². The first-order chi connectivity index (χ1) is 6.27. The van der Waals surface area contributed by atoms with Crippen molar-refractivity contribution >= 4 is 11.8 Å². The van der Waals surface area contributed by atoms with Crippen molar-refractivity contribution in [3.8, 4) is 0 Å². The molecule has 2 N–H and O–H groups in total. The second-order valence-corrected chi connectivity index (χ2v) is 3.64. The molecule has 0 radical (unpaired) electrons. The number of hydrogen-bond donors (Lipinski definition) is 2. The molecule has 8 heteroatoms. The molecule has 0 saturated carbocycles. The lowest BCUT2D eigenvalue weighted by Crippen LogP contribution is -2.36. The molecular weight excluding hydrogens is 229 g/mol. The van der Waals surface area contributed by atoms with Gasteiger partial charge >= 0.3 is 5.51 Å². The van der Waals surface area contributed by atoms with E-state index in [1.54, 1.807) is 0 Å². The molecule has 0 aliphatic carbocycles. The molecule has 0 atom stereocenters. The molecule has 0 spiro atoms. The van der Waals surface area contributed by atoms with Crippen LogP contribution in [-0.2, 0) is 0 Å². The van der Waals surface area contributed by atoms with Gasteiger partial charge in [-0.05, 0) is 11.8 Å². The van der Waals surface area contributed by atoms with Gasteiger partial charge in [0.05, 0.1) is 6.54 Å². The Labute approximate surface area is 81.9 Å². The van der Waals surface area contributed by atoms with Crippen LogP contribution in [0.3, 0.4) is 0 Å². The summed E-state index contributed by atoms with van der Waals surface area (Å²) in [5.74, 6) is -3.60. The molecular formula is C6H10F5NOS. The minimum atomic E-state index is -4.33. The summed E-state index contributed by atoms with van der Waals surface area (Å²) < 4.78 is 59.1. The first-order valence-electron chi connectivity index (χ1n) is 3.67. The van der Waals surface area contributed by atoms with E-state index in [0.29, 0.717) is 0 Å². The van der Waals surface area contributed by atoms with Gasteiger partial charge in [0, 0.05) is 12.3 Å². The summed E-state index contributed by atoms with van der Waals surface area (Å²) in [5, 5.41) is 10.2. The van der Waals surface area contributed by atoms with Gasteiger partial charge in [0.25, 0.3) is 5.92 Å². The first kappa shape index (κ1) is 13.9. The van der Waals surface area contributed by atoms with E-state index in [4.69, 9.17) is 5.11 Å². The Morgan fingerprint density at radius 3 is 2.14 bits per heavy atom. The molecule has 0 aliphatic rings. The summed E-state index contributed by atoms with van der Waals surface area (Å²) in [6.07, 6.45) is 0. The van der Waals surface area contributed by atoms with E-state index >= 15 is 0 Å². The molecule has 0 unspecified atom stereocenters. The maximum Gasteiger partial charge on any atom is 0.441 e. The number of alkyl halides is 5. The molecule has 0 heterocycles. The summed E-state index contributed by atoms with van der Waals surface area (Å²) >= 11 is -0.278. The van der Waals surface area contributed by atoms with Crippen molar-refractivity contribution in [1.29, 1.82) is 0 Å². The molecule has 2 nitrogen and oxygen atoms in total. The Kier molecular flexibility index (Phi) is 5.68. The Morgan fingerprint density at radius 2 is 1.71 bits per heavy atom. The Balaban J connectivity index is 3.39. The van der Waals surface area contributed by atoms with Crippen LogP contribution in [0.2, 0.25) is 0 Å². The fourth-order valence-electron chi connectivity index (χ4n) is 0.566. The van der Waals surface area contributed by atoms with Crippen molar-refractivity contribution in [3.63, 3.8) is 0 Å². The average molecular weight is 239 g/mol. The molecule has 0 fully saturated rings. The maximum atomic E-state index is 12.3. The fraction of sp³-hybridized carbons (Fsp3) is 1.00. The van der Waals surface area contributed by atoms with Gasteiger partial charge in [0.15, 0.2) is 0 Å². The minimum absolute atomic E-state index is 0.181. The van der Waals surface area contributed by atoms with E-state index < -0.39 is 24.6 Å². The van der Waals surface area contributed by atoms with Crippen LogP contribution in [0.25, 0.3) is 0 Å². The highest BCUT2D eigenvalue weighted by atomic mass is 32.2. The number of rotatable bonds is 6. The quantitative estimate of drug-likeness (QED) is 0.543. The summed E-state index contributed by atoms with van der Waals surface area (Å²) in [6.45, 7) is -2.31. The molecule has 14 heavy (non-hydrogen) atoms. The van der Waals surface area contributed by atoms with Gasteiger partial charge in [-0.2, -0.15) is 13.2 Å². The highest BCUT2D eigenvalue weighted by molar-refractivity contribution is 8.00. The van der Waals surface area contributed by atoms with Crippen molar-refractivity contribution in [2.45, 2.75) is 11.4 Å². The monoisotopic (exact) mass is 239 g/mol. The number of hydrogen-bond acceptors (Lipinski definition) is 3. The zero-order chi connectivity index (χ0) is 11.2. The predicted octanol–water partition coefficient (Wildman–Crippen LogP) is 1.46. The second-order valence-electron chi connectivity index (χ2n) is 2.49. The van der Waals surface area contributed by atoms with Crippen LogP contribution in [0, 0.1) is 0 Å². The molecule has 0 aromatic heterocycles. The van der Waals surface area contributed by atoms with Gasteiger partial charge in [-0.25, -0.2) is 8.78 Å². The van der Waals surface area contributed by atoms with Crippen LogP contribution < -0.4 is 5.32 Å². The van der Waals surface area contributed by atoms with Gasteiger partial charge in [-0.1, -0.05) is 0 Å². The number of thioether (sulfide) groups is 1. The summed E-state index contributed by atoms with van der Waals surface area (Å²) in [6, 6.07) is 0. The lowest BCUT2D eigenvalue weighted by atomic mass is 10.3. The van der Waals surface area contributed by atoms with Crippen molar-refractivity contribution in [2.75, 3.05) is 25.4 Å². The van der Waals surface area contributed by atoms with Gasteiger partial charge < -0.3 is 10.4 Å². The van der Waals surface area contributed by atoms with Crippen molar-refractivity contribution < 1.29 is 27.1 Å². The van der Waals surface area contributed by atoms with Crippen LogP contribution in [0.4, 0.5) is 22.0 Å². The van der Waals surface area contributed by atoms with Gasteiger partial charge in [-0.3, -0.25) is 0 Å². The third-order valence-corrected chi connectivity index (χ3v) is 1.90. The number of aliphatic hydroxyl groups excluding tert-OH is 1. The Hall–Kier alpha value is -0.0800. The van der Waals surface area contributed by atoms with E-state index in [2.05, 4.69) is 5.32 Å². The molecule has 0 saturated heterocycles. The van der Waals surface area contributed by atoms with E-state index in [1.165, 1.54) is 0 Å². The smallest absolute Gasteiger partial charge is 0.390 e. The lowest BCUT2D eigenvalue weighted by molar-refractivity contribution is -0.0471. The van der Waals surface area contributed by atoms with Gasteiger partial charge in [0.1, 0.15) is 6.61 Å². The van der Waals surface area contributed by atoms with Crippen LogP contribution in [-0.4, -0.2) is 42.0 Å². The summed E-state index contributed by atoms with van der Waals surface area (Å²) in [4.78, 5) is 0. The number of aliphatic hydroxyl groups is 1. The summed E-state index contributed by atoms with van der Waals surface area (Å²) in [5.41, 5.74) is -4.33. The fourth-order valence-corrected chi connectivity index (χ4v) is 1.04. The standard InChI is InChI=1S/C6H10F5NOS/c7-5(8,4-13)3-12-1-2-14-6(9,10)11/h12-13H,1-4H2. The second kappa shape index (κ2) is 5.72. The molecule has 0 rings (SSSR count). The average Bonchev–Trinajstić information content (AvgIpc) is 2.01. The van der Waals surface area contributed by atoms with Gasteiger partial charge in [-0.15, -0.1) is 0 Å². The Morgan fingerprint density at radius 1 is 1.14 bits per heavy atom. The van der Waals surface area contributed by atoms with Crippen LogP contribution in [0.1, 0.15) is 0 Å². The zero-order valence-corrected chi connectivity index (χ0v) is 7.89. The highest BCUT2D eigenvalue weighted by Crippen LogP contribution is 2.29. The van der Waals surface area contributed by atoms with Gasteiger partial charge in [0.2, 0.25) is 0 Å². The van der Waals surface area contributed by atoms with Crippen molar-refractivity contribution in [2.24, 2.45) is 0 Å². The molecule has 0 aromatic carbocycles. The van der Waals surface area contributed by atoms with E-state index in [9.17, 15) is 22.0 Å². The van der Waals surface area contributed by atoms with Crippen LogP contribution >= 0.6 is 11.8 Å². The largest absolute Gasteiger partial charge is 0.441 e. The normalized spacial score (nSPS) is 13.3. The SMILES string of the molecule is OCC(F)(F)CNCCSC(F)(F)F. The predicted molar refractivity (Wildman–Crippen MR) is 43.4 cm³/mol. The maximum absolute atomic E-state index is 12.3. The molecule has 0 aromatic rings. The van der Waals surface area contributed by atoms with E-state index in [-0.39, 0.29) is 24.1 Å². The van der Waals surface area contributed by atoms with Crippen LogP contribution in [0.5, 0.6) is 0 Å². The third-order valence-electron chi connectivity index (χ3n) is 1.16. The molecule has 0 amide bonds. The molecule has 86 valence electrons. The van der Waals surface area contributed by atoms with Crippen LogP contribution in [0.15, 0.2) is 0 Å². The first-order valence-corrected chi connectivity index (χ1v) is 4.65. The molecule has 0 aliphatic heterocycles. The number of halogens is 5.